The van der Waals surface area contributed by atoms with Gasteiger partial charge in [0.1, 0.15) is 5.76 Å². The van der Waals surface area contributed by atoms with Crippen LogP contribution in [-0.2, 0) is 26.1 Å². The molecule has 1 aromatic heterocycles. The lowest BCUT2D eigenvalue weighted by atomic mass is 10.1. The van der Waals surface area contributed by atoms with Crippen molar-refractivity contribution in [3.05, 3.63) is 53.5 Å². The third-order valence-corrected chi connectivity index (χ3v) is 7.16. The SMILES string of the molecule is Cc1ccc(S(=O)(=O)N2CCCCC2C)cc1C(=O)OCC(=O)NCc1ccco1. The number of hydrogen-bond acceptors (Lipinski definition) is 6. The molecule has 162 valence electrons. The minimum absolute atomic E-state index is 0.0519. The van der Waals surface area contributed by atoms with Crippen LogP contribution in [0, 0.1) is 6.92 Å². The number of esters is 1. The molecule has 2 heterocycles. The third kappa shape index (κ3) is 5.09. The van der Waals surface area contributed by atoms with Gasteiger partial charge in [-0.3, -0.25) is 4.79 Å². The topological polar surface area (TPSA) is 106 Å². The van der Waals surface area contributed by atoms with E-state index in [2.05, 4.69) is 5.32 Å². The van der Waals surface area contributed by atoms with Crippen molar-refractivity contribution >= 4 is 21.9 Å². The van der Waals surface area contributed by atoms with Gasteiger partial charge < -0.3 is 14.5 Å². The molecular weight excluding hydrogens is 408 g/mol. The summed E-state index contributed by atoms with van der Waals surface area (Å²) in [4.78, 5) is 24.4. The highest BCUT2D eigenvalue weighted by molar-refractivity contribution is 7.89. The summed E-state index contributed by atoms with van der Waals surface area (Å²) in [6.45, 7) is 3.76. The second kappa shape index (κ2) is 9.44. The largest absolute Gasteiger partial charge is 0.467 e. The van der Waals surface area contributed by atoms with Crippen LogP contribution in [0.3, 0.4) is 0 Å². The van der Waals surface area contributed by atoms with Gasteiger partial charge in [0.25, 0.3) is 5.91 Å². The molecule has 1 amide bonds. The first-order valence-electron chi connectivity index (χ1n) is 9.87. The van der Waals surface area contributed by atoms with Crippen LogP contribution < -0.4 is 5.32 Å². The summed E-state index contributed by atoms with van der Waals surface area (Å²) < 4.78 is 37.8. The lowest BCUT2D eigenvalue weighted by molar-refractivity contribution is -0.124. The molecule has 2 aromatic rings. The van der Waals surface area contributed by atoms with Crippen LogP contribution in [-0.4, -0.2) is 43.8 Å². The van der Waals surface area contributed by atoms with Crippen molar-refractivity contribution in [2.45, 2.75) is 50.6 Å². The van der Waals surface area contributed by atoms with E-state index >= 15 is 0 Å². The molecule has 1 fully saturated rings. The number of rotatable bonds is 7. The number of nitrogens with one attached hydrogen (secondary N) is 1. The van der Waals surface area contributed by atoms with Gasteiger partial charge >= 0.3 is 5.97 Å². The summed E-state index contributed by atoms with van der Waals surface area (Å²) in [7, 11) is -3.71. The highest BCUT2D eigenvalue weighted by Crippen LogP contribution is 2.26. The molecule has 0 aliphatic carbocycles. The average molecular weight is 435 g/mol. The molecule has 1 aliphatic heterocycles. The Kier molecular flexibility index (Phi) is 6.94. The predicted octanol–water partition coefficient (Wildman–Crippen LogP) is 2.62. The molecule has 1 unspecified atom stereocenters. The maximum atomic E-state index is 13.0. The minimum atomic E-state index is -3.71. The fourth-order valence-corrected chi connectivity index (χ4v) is 5.13. The van der Waals surface area contributed by atoms with Crippen molar-refractivity contribution in [3.8, 4) is 0 Å². The average Bonchev–Trinajstić information content (AvgIpc) is 3.24. The van der Waals surface area contributed by atoms with E-state index in [1.807, 2.05) is 6.92 Å². The molecule has 0 spiro atoms. The van der Waals surface area contributed by atoms with Gasteiger partial charge in [0.15, 0.2) is 6.61 Å². The van der Waals surface area contributed by atoms with E-state index in [0.29, 0.717) is 17.9 Å². The summed E-state index contributed by atoms with van der Waals surface area (Å²) in [6, 6.07) is 7.74. The summed E-state index contributed by atoms with van der Waals surface area (Å²) in [5.41, 5.74) is 0.696. The molecule has 1 aromatic carbocycles. The van der Waals surface area contributed by atoms with Crippen molar-refractivity contribution in [2.75, 3.05) is 13.2 Å². The zero-order chi connectivity index (χ0) is 21.7. The molecule has 0 radical (unpaired) electrons. The molecule has 1 aliphatic rings. The van der Waals surface area contributed by atoms with Crippen molar-refractivity contribution in [1.82, 2.24) is 9.62 Å². The fraction of sp³-hybridized carbons (Fsp3) is 0.429. The van der Waals surface area contributed by atoms with Gasteiger partial charge in [-0.25, -0.2) is 13.2 Å². The Hall–Kier alpha value is -2.65. The van der Waals surface area contributed by atoms with E-state index in [4.69, 9.17) is 9.15 Å². The maximum absolute atomic E-state index is 13.0. The normalized spacial score (nSPS) is 17.5. The monoisotopic (exact) mass is 434 g/mol. The first-order chi connectivity index (χ1) is 14.3. The summed E-state index contributed by atoms with van der Waals surface area (Å²) in [5, 5.41) is 2.58. The fourth-order valence-electron chi connectivity index (χ4n) is 3.40. The minimum Gasteiger partial charge on any atom is -0.467 e. The Morgan fingerprint density at radius 3 is 2.77 bits per heavy atom. The summed E-state index contributed by atoms with van der Waals surface area (Å²) in [6.07, 6.45) is 4.13. The van der Waals surface area contributed by atoms with Crippen molar-refractivity contribution in [2.24, 2.45) is 0 Å². The van der Waals surface area contributed by atoms with E-state index < -0.39 is 28.5 Å². The Morgan fingerprint density at radius 2 is 2.07 bits per heavy atom. The van der Waals surface area contributed by atoms with Gasteiger partial charge in [0, 0.05) is 12.6 Å². The Balaban J connectivity index is 1.66. The van der Waals surface area contributed by atoms with E-state index in [9.17, 15) is 18.0 Å². The Morgan fingerprint density at radius 1 is 1.27 bits per heavy atom. The van der Waals surface area contributed by atoms with Crippen molar-refractivity contribution < 1.29 is 27.2 Å². The summed E-state index contributed by atoms with van der Waals surface area (Å²) >= 11 is 0. The Bertz CT molecular complexity index is 1000. The van der Waals surface area contributed by atoms with Crippen LogP contribution in [0.25, 0.3) is 0 Å². The zero-order valence-corrected chi connectivity index (χ0v) is 17.9. The number of hydrogen-bond donors (Lipinski definition) is 1. The molecule has 1 saturated heterocycles. The number of furan rings is 1. The number of ether oxygens (including phenoxy) is 1. The highest BCUT2D eigenvalue weighted by atomic mass is 32.2. The maximum Gasteiger partial charge on any atom is 0.338 e. The molecule has 9 heteroatoms. The molecule has 3 rings (SSSR count). The number of benzene rings is 1. The lowest BCUT2D eigenvalue weighted by Crippen LogP contribution is -2.41. The van der Waals surface area contributed by atoms with Gasteiger partial charge in [-0.1, -0.05) is 12.5 Å². The number of sulfonamides is 1. The molecule has 8 nitrogen and oxygen atoms in total. The van der Waals surface area contributed by atoms with E-state index in [1.54, 1.807) is 25.1 Å². The standard InChI is InChI=1S/C21H26N2O6S/c1-15-8-9-18(30(26,27)23-10-4-3-6-16(23)2)12-19(15)21(25)29-14-20(24)22-13-17-7-5-11-28-17/h5,7-9,11-12,16H,3-4,6,10,13-14H2,1-2H3,(H,22,24). The molecule has 30 heavy (non-hydrogen) atoms. The number of carbonyl (C=O) groups is 2. The first kappa shape index (κ1) is 22.0. The van der Waals surface area contributed by atoms with Gasteiger partial charge in [-0.05, 0) is 56.5 Å². The van der Waals surface area contributed by atoms with Gasteiger partial charge in [0.2, 0.25) is 10.0 Å². The zero-order valence-electron chi connectivity index (χ0n) is 17.1. The van der Waals surface area contributed by atoms with E-state index in [1.165, 1.54) is 22.7 Å². The lowest BCUT2D eigenvalue weighted by Gasteiger charge is -2.32. The van der Waals surface area contributed by atoms with Crippen molar-refractivity contribution in [1.29, 1.82) is 0 Å². The van der Waals surface area contributed by atoms with Crippen LogP contribution in [0.5, 0.6) is 0 Å². The van der Waals surface area contributed by atoms with Crippen molar-refractivity contribution in [3.63, 3.8) is 0 Å². The number of amides is 1. The smallest absolute Gasteiger partial charge is 0.338 e. The van der Waals surface area contributed by atoms with Crippen LogP contribution in [0.4, 0.5) is 0 Å². The first-order valence-corrected chi connectivity index (χ1v) is 11.3. The van der Waals surface area contributed by atoms with Gasteiger partial charge in [-0.2, -0.15) is 4.31 Å². The van der Waals surface area contributed by atoms with Crippen LogP contribution >= 0.6 is 0 Å². The molecule has 0 saturated carbocycles. The number of carbonyl (C=O) groups excluding carboxylic acids is 2. The molecule has 1 atom stereocenters. The Labute approximate surface area is 176 Å². The van der Waals surface area contributed by atoms with E-state index in [-0.39, 0.29) is 23.0 Å². The van der Waals surface area contributed by atoms with Crippen LogP contribution in [0.1, 0.15) is 47.9 Å². The summed E-state index contributed by atoms with van der Waals surface area (Å²) in [5.74, 6) is -0.650. The van der Waals surface area contributed by atoms with Gasteiger partial charge in [0.05, 0.1) is 23.3 Å². The highest BCUT2D eigenvalue weighted by Gasteiger charge is 2.31. The second-order valence-corrected chi connectivity index (χ2v) is 9.26. The number of nitrogens with zero attached hydrogens (tertiary/aromatic N) is 1. The van der Waals surface area contributed by atoms with Crippen LogP contribution in [0.2, 0.25) is 0 Å². The molecule has 0 bridgehead atoms. The van der Waals surface area contributed by atoms with Crippen LogP contribution in [0.15, 0.2) is 45.9 Å². The van der Waals surface area contributed by atoms with E-state index in [0.717, 1.165) is 19.3 Å². The van der Waals surface area contributed by atoms with Gasteiger partial charge in [-0.15, -0.1) is 0 Å². The molecule has 1 N–H and O–H groups in total. The third-order valence-electron chi connectivity index (χ3n) is 5.15. The second-order valence-electron chi connectivity index (χ2n) is 7.37. The quantitative estimate of drug-likeness (QED) is 0.672. The number of piperidine rings is 1. The number of aryl methyl sites for hydroxylation is 1. The molecular formula is C21H26N2O6S. The predicted molar refractivity (Wildman–Crippen MR) is 109 cm³/mol.